The lowest BCUT2D eigenvalue weighted by atomic mass is 9.97. The zero-order valence-corrected chi connectivity index (χ0v) is 12.0. The zero-order valence-electron chi connectivity index (χ0n) is 11.3. The minimum absolute atomic E-state index is 0.0578. The van der Waals surface area contributed by atoms with Gasteiger partial charge >= 0.3 is 12.0 Å². The second-order valence-corrected chi connectivity index (χ2v) is 4.73. The van der Waals surface area contributed by atoms with Crippen molar-refractivity contribution in [3.05, 3.63) is 70.2 Å². The molecule has 112 valence electrons. The molecule has 2 rings (SSSR count). The highest BCUT2D eigenvalue weighted by atomic mass is 35.5. The van der Waals surface area contributed by atoms with E-state index in [9.17, 15) is 14.7 Å². The van der Waals surface area contributed by atoms with Crippen LogP contribution in [0.3, 0.4) is 0 Å². The van der Waals surface area contributed by atoms with E-state index in [1.54, 1.807) is 42.5 Å². The SMILES string of the molecule is NC(=O)N/N=C(/c1ccc(Cl)cc1)c1ccccc1C(=O)O. The first-order valence-electron chi connectivity index (χ1n) is 6.21. The monoisotopic (exact) mass is 317 g/mol. The number of rotatable bonds is 4. The molecule has 0 aliphatic heterocycles. The Bertz CT molecular complexity index is 742. The van der Waals surface area contributed by atoms with Crippen molar-refractivity contribution >= 4 is 29.3 Å². The number of hydrogen-bond acceptors (Lipinski definition) is 3. The van der Waals surface area contributed by atoms with Crippen LogP contribution < -0.4 is 11.2 Å². The lowest BCUT2D eigenvalue weighted by Gasteiger charge is -2.10. The molecule has 6 nitrogen and oxygen atoms in total. The second kappa shape index (κ2) is 6.73. The second-order valence-electron chi connectivity index (χ2n) is 4.29. The summed E-state index contributed by atoms with van der Waals surface area (Å²) < 4.78 is 0. The summed E-state index contributed by atoms with van der Waals surface area (Å²) in [4.78, 5) is 22.3. The molecule has 0 saturated heterocycles. The van der Waals surface area contributed by atoms with E-state index in [-0.39, 0.29) is 11.3 Å². The Hall–Kier alpha value is -2.86. The molecule has 0 aliphatic carbocycles. The molecule has 0 fully saturated rings. The highest BCUT2D eigenvalue weighted by Gasteiger charge is 2.16. The van der Waals surface area contributed by atoms with Gasteiger partial charge in [-0.2, -0.15) is 5.10 Å². The fraction of sp³-hybridized carbons (Fsp3) is 0. The van der Waals surface area contributed by atoms with Gasteiger partial charge in [0.05, 0.1) is 11.3 Å². The number of nitrogens with two attached hydrogens (primary N) is 1. The van der Waals surface area contributed by atoms with Crippen LogP contribution in [0.4, 0.5) is 4.79 Å². The highest BCUT2D eigenvalue weighted by molar-refractivity contribution is 6.30. The number of benzene rings is 2. The number of primary amides is 1. The van der Waals surface area contributed by atoms with Gasteiger partial charge in [-0.3, -0.25) is 0 Å². The standard InChI is InChI=1S/C15H12ClN3O3/c16-10-7-5-9(6-8-10)13(18-19-15(17)22)11-3-1-2-4-12(11)14(20)21/h1-8H,(H,20,21)(H3,17,19,22)/b18-13-. The van der Waals surface area contributed by atoms with Gasteiger partial charge in [0.2, 0.25) is 0 Å². The van der Waals surface area contributed by atoms with E-state index in [2.05, 4.69) is 10.5 Å². The molecule has 2 aromatic rings. The predicted octanol–water partition coefficient (Wildman–Crippen LogP) is 2.46. The summed E-state index contributed by atoms with van der Waals surface area (Å²) in [7, 11) is 0. The maximum absolute atomic E-state index is 11.4. The van der Waals surface area contributed by atoms with Crippen LogP contribution in [-0.2, 0) is 0 Å². The Balaban J connectivity index is 2.59. The Kier molecular flexibility index (Phi) is 4.75. The average Bonchev–Trinajstić information content (AvgIpc) is 2.49. The molecule has 7 heteroatoms. The minimum atomic E-state index is -1.10. The summed E-state index contributed by atoms with van der Waals surface area (Å²) in [5.41, 5.74) is 8.42. The smallest absolute Gasteiger partial charge is 0.336 e. The molecule has 4 N–H and O–H groups in total. The highest BCUT2D eigenvalue weighted by Crippen LogP contribution is 2.18. The number of carbonyl (C=O) groups is 2. The summed E-state index contributed by atoms with van der Waals surface area (Å²) in [5, 5.41) is 13.7. The molecule has 0 aliphatic rings. The van der Waals surface area contributed by atoms with Crippen molar-refractivity contribution in [3.63, 3.8) is 0 Å². The molecule has 0 aromatic heterocycles. The number of amides is 2. The van der Waals surface area contributed by atoms with Crippen LogP contribution in [0.15, 0.2) is 53.6 Å². The van der Waals surface area contributed by atoms with Crippen molar-refractivity contribution in [2.24, 2.45) is 10.8 Å². The third kappa shape index (κ3) is 3.62. The van der Waals surface area contributed by atoms with Crippen molar-refractivity contribution in [2.75, 3.05) is 0 Å². The van der Waals surface area contributed by atoms with Crippen LogP contribution in [0.2, 0.25) is 5.02 Å². The maximum atomic E-state index is 11.4. The Morgan fingerprint density at radius 1 is 1.05 bits per heavy atom. The number of hydrogen-bond donors (Lipinski definition) is 3. The lowest BCUT2D eigenvalue weighted by molar-refractivity contribution is 0.0696. The third-order valence-corrected chi connectivity index (χ3v) is 3.06. The van der Waals surface area contributed by atoms with Crippen LogP contribution in [0, 0.1) is 0 Å². The minimum Gasteiger partial charge on any atom is -0.478 e. The van der Waals surface area contributed by atoms with Crippen LogP contribution in [0.1, 0.15) is 21.5 Å². The number of urea groups is 1. The summed E-state index contributed by atoms with van der Waals surface area (Å²) in [5.74, 6) is -1.10. The summed E-state index contributed by atoms with van der Waals surface area (Å²) >= 11 is 5.85. The fourth-order valence-electron chi connectivity index (χ4n) is 1.88. The number of hydrazone groups is 1. The van der Waals surface area contributed by atoms with Gasteiger partial charge in [0.1, 0.15) is 0 Å². The van der Waals surface area contributed by atoms with E-state index < -0.39 is 12.0 Å². The summed E-state index contributed by atoms with van der Waals surface area (Å²) in [6.45, 7) is 0. The molecular weight excluding hydrogens is 306 g/mol. The fourth-order valence-corrected chi connectivity index (χ4v) is 2.00. The topological polar surface area (TPSA) is 105 Å². The van der Waals surface area contributed by atoms with E-state index in [1.165, 1.54) is 6.07 Å². The first kappa shape index (κ1) is 15.5. The van der Waals surface area contributed by atoms with Gasteiger partial charge in [0.15, 0.2) is 0 Å². The van der Waals surface area contributed by atoms with E-state index in [0.29, 0.717) is 16.1 Å². The van der Waals surface area contributed by atoms with Gasteiger partial charge in [-0.15, -0.1) is 0 Å². The molecule has 0 radical (unpaired) electrons. The van der Waals surface area contributed by atoms with Crippen molar-refractivity contribution in [1.29, 1.82) is 0 Å². The van der Waals surface area contributed by atoms with Gasteiger partial charge in [-0.1, -0.05) is 41.9 Å². The van der Waals surface area contributed by atoms with Gasteiger partial charge in [-0.05, 0) is 18.2 Å². The molecule has 2 amide bonds. The summed E-state index contributed by atoms with van der Waals surface area (Å²) in [6, 6.07) is 12.1. The first-order chi connectivity index (χ1) is 10.5. The number of carboxylic acid groups (broad SMARTS) is 1. The number of halogens is 1. The quantitative estimate of drug-likeness (QED) is 0.595. The van der Waals surface area contributed by atoms with E-state index in [4.69, 9.17) is 17.3 Å². The van der Waals surface area contributed by atoms with Crippen molar-refractivity contribution in [3.8, 4) is 0 Å². The molecular formula is C15H12ClN3O3. The van der Waals surface area contributed by atoms with Crippen molar-refractivity contribution in [1.82, 2.24) is 5.43 Å². The molecule has 2 aromatic carbocycles. The third-order valence-electron chi connectivity index (χ3n) is 2.81. The molecule has 0 bridgehead atoms. The van der Waals surface area contributed by atoms with Crippen LogP contribution in [-0.4, -0.2) is 22.8 Å². The van der Waals surface area contributed by atoms with Crippen LogP contribution >= 0.6 is 11.6 Å². The van der Waals surface area contributed by atoms with Gasteiger partial charge < -0.3 is 10.8 Å². The number of nitrogens with zero attached hydrogens (tertiary/aromatic N) is 1. The largest absolute Gasteiger partial charge is 0.478 e. The van der Waals surface area contributed by atoms with Gasteiger partial charge in [0.25, 0.3) is 0 Å². The normalized spacial score (nSPS) is 11.0. The van der Waals surface area contributed by atoms with E-state index in [0.717, 1.165) is 0 Å². The number of nitrogens with one attached hydrogen (secondary N) is 1. The Morgan fingerprint density at radius 2 is 1.64 bits per heavy atom. The van der Waals surface area contributed by atoms with Crippen LogP contribution in [0.5, 0.6) is 0 Å². The molecule has 0 atom stereocenters. The maximum Gasteiger partial charge on any atom is 0.336 e. The molecule has 22 heavy (non-hydrogen) atoms. The van der Waals surface area contributed by atoms with Gasteiger partial charge in [-0.25, -0.2) is 15.0 Å². The number of carboxylic acids is 1. The molecule has 0 unspecified atom stereocenters. The van der Waals surface area contributed by atoms with E-state index in [1.807, 2.05) is 0 Å². The van der Waals surface area contributed by atoms with E-state index >= 15 is 0 Å². The lowest BCUT2D eigenvalue weighted by Crippen LogP contribution is -2.26. The Morgan fingerprint density at radius 3 is 2.18 bits per heavy atom. The van der Waals surface area contributed by atoms with Crippen molar-refractivity contribution in [2.45, 2.75) is 0 Å². The zero-order chi connectivity index (χ0) is 16.1. The molecule has 0 heterocycles. The Labute approximate surface area is 131 Å². The summed E-state index contributed by atoms with van der Waals surface area (Å²) in [6.07, 6.45) is 0. The number of aromatic carboxylic acids is 1. The van der Waals surface area contributed by atoms with Crippen LogP contribution in [0.25, 0.3) is 0 Å². The molecule has 0 saturated carbocycles. The van der Waals surface area contributed by atoms with Crippen molar-refractivity contribution < 1.29 is 14.7 Å². The molecule has 0 spiro atoms. The number of carbonyl (C=O) groups excluding carboxylic acids is 1. The average molecular weight is 318 g/mol. The first-order valence-corrected chi connectivity index (χ1v) is 6.58. The predicted molar refractivity (Wildman–Crippen MR) is 83.2 cm³/mol. The van der Waals surface area contributed by atoms with Gasteiger partial charge in [0, 0.05) is 16.1 Å².